The summed E-state index contributed by atoms with van der Waals surface area (Å²) in [6.07, 6.45) is 1.14. The Bertz CT molecular complexity index is 607. The molecular formula is C20H25NO2. The predicted molar refractivity (Wildman–Crippen MR) is 93.5 cm³/mol. The molecule has 2 aromatic carbocycles. The topological polar surface area (TPSA) is 38.3 Å². The predicted octanol–water partition coefficient (Wildman–Crippen LogP) is 4.28. The van der Waals surface area contributed by atoms with Gasteiger partial charge < -0.3 is 10.1 Å². The Hall–Kier alpha value is -2.29. The Morgan fingerprint density at radius 2 is 1.70 bits per heavy atom. The molecule has 2 atom stereocenters. The molecule has 0 saturated heterocycles. The Labute approximate surface area is 138 Å². The lowest BCUT2D eigenvalue weighted by atomic mass is 10.1. The molecule has 0 spiro atoms. The number of rotatable bonds is 7. The fraction of sp³-hybridized carbons (Fsp3) is 0.350. The third-order valence-corrected chi connectivity index (χ3v) is 3.93. The molecule has 2 rings (SSSR count). The van der Waals surface area contributed by atoms with E-state index in [2.05, 4.69) is 12.2 Å². The van der Waals surface area contributed by atoms with Gasteiger partial charge in [0.2, 0.25) is 0 Å². The van der Waals surface area contributed by atoms with Crippen molar-refractivity contribution in [2.45, 2.75) is 45.8 Å². The molecule has 3 heteroatoms. The van der Waals surface area contributed by atoms with Crippen LogP contribution in [0, 0.1) is 0 Å². The summed E-state index contributed by atoms with van der Waals surface area (Å²) in [4.78, 5) is 12.4. The number of hydrogen-bond acceptors (Lipinski definition) is 2. The van der Waals surface area contributed by atoms with Crippen LogP contribution in [0.15, 0.2) is 54.6 Å². The molecule has 0 saturated carbocycles. The first-order valence-electron chi connectivity index (χ1n) is 8.25. The highest BCUT2D eigenvalue weighted by atomic mass is 16.5. The van der Waals surface area contributed by atoms with Crippen molar-refractivity contribution in [3.8, 4) is 5.75 Å². The molecule has 3 nitrogen and oxygen atoms in total. The Kier molecular flexibility index (Phi) is 6.21. The number of amides is 1. The number of benzene rings is 2. The van der Waals surface area contributed by atoms with E-state index in [0.717, 1.165) is 17.7 Å². The second-order valence-electron chi connectivity index (χ2n) is 5.65. The van der Waals surface area contributed by atoms with E-state index in [1.807, 2.05) is 68.4 Å². The molecule has 122 valence electrons. The summed E-state index contributed by atoms with van der Waals surface area (Å²) in [5.74, 6) is 0.653. The summed E-state index contributed by atoms with van der Waals surface area (Å²) in [6.45, 7) is 6.05. The van der Waals surface area contributed by atoms with E-state index < -0.39 is 6.10 Å². The van der Waals surface area contributed by atoms with Gasteiger partial charge in [-0.1, -0.05) is 56.3 Å². The molecule has 23 heavy (non-hydrogen) atoms. The van der Waals surface area contributed by atoms with Gasteiger partial charge in [0.1, 0.15) is 5.75 Å². The molecule has 0 unspecified atom stereocenters. The minimum absolute atomic E-state index is 0.0381. The normalized spacial score (nSPS) is 13.2. The lowest BCUT2D eigenvalue weighted by molar-refractivity contribution is -0.128. The fourth-order valence-electron chi connectivity index (χ4n) is 2.42. The molecule has 1 N–H and O–H groups in total. The summed E-state index contributed by atoms with van der Waals surface area (Å²) in [7, 11) is 0. The van der Waals surface area contributed by atoms with Crippen LogP contribution >= 0.6 is 0 Å². The first-order valence-corrected chi connectivity index (χ1v) is 8.25. The van der Waals surface area contributed by atoms with Crippen molar-refractivity contribution in [2.75, 3.05) is 0 Å². The first kappa shape index (κ1) is 17.1. The van der Waals surface area contributed by atoms with E-state index in [1.54, 1.807) is 0 Å². The minimum Gasteiger partial charge on any atom is -0.481 e. The number of carbonyl (C=O) groups is 1. The van der Waals surface area contributed by atoms with Gasteiger partial charge in [-0.2, -0.15) is 0 Å². The maximum Gasteiger partial charge on any atom is 0.261 e. The number of nitrogens with one attached hydrogen (secondary N) is 1. The second kappa shape index (κ2) is 8.37. The van der Waals surface area contributed by atoms with Gasteiger partial charge in [0.15, 0.2) is 6.10 Å². The SMILES string of the molecule is CCc1ccc(O[C@H](CC)C(=O)N[C@H](C)c2ccccc2)cc1. The molecule has 0 aliphatic rings. The van der Waals surface area contributed by atoms with E-state index in [0.29, 0.717) is 6.42 Å². The quantitative estimate of drug-likeness (QED) is 0.828. The van der Waals surface area contributed by atoms with E-state index in [-0.39, 0.29) is 11.9 Å². The van der Waals surface area contributed by atoms with Crippen LogP contribution in [0.5, 0.6) is 5.75 Å². The lowest BCUT2D eigenvalue weighted by Crippen LogP contribution is -2.39. The van der Waals surface area contributed by atoms with Gasteiger partial charge in [0.25, 0.3) is 5.91 Å². The van der Waals surface area contributed by atoms with Gasteiger partial charge in [-0.15, -0.1) is 0 Å². The van der Waals surface area contributed by atoms with Crippen LogP contribution in [-0.4, -0.2) is 12.0 Å². The van der Waals surface area contributed by atoms with Crippen molar-refractivity contribution in [1.82, 2.24) is 5.32 Å². The van der Waals surface area contributed by atoms with Crippen LogP contribution < -0.4 is 10.1 Å². The van der Waals surface area contributed by atoms with Gasteiger partial charge in [0.05, 0.1) is 6.04 Å². The van der Waals surface area contributed by atoms with Gasteiger partial charge in [-0.3, -0.25) is 4.79 Å². The minimum atomic E-state index is -0.478. The molecule has 0 radical (unpaired) electrons. The van der Waals surface area contributed by atoms with Crippen molar-refractivity contribution < 1.29 is 9.53 Å². The number of carbonyl (C=O) groups excluding carboxylic acids is 1. The van der Waals surface area contributed by atoms with Gasteiger partial charge in [-0.05, 0) is 43.0 Å². The van der Waals surface area contributed by atoms with Crippen molar-refractivity contribution in [2.24, 2.45) is 0 Å². The standard InChI is InChI=1S/C20H25NO2/c1-4-16-11-13-18(14-12-16)23-19(5-2)20(22)21-15(3)17-9-7-6-8-10-17/h6-15,19H,4-5H2,1-3H3,(H,21,22)/t15-,19-/m1/s1. The third-order valence-electron chi connectivity index (χ3n) is 3.93. The average Bonchev–Trinajstić information content (AvgIpc) is 2.60. The zero-order valence-corrected chi connectivity index (χ0v) is 14.1. The molecule has 2 aromatic rings. The molecule has 0 bridgehead atoms. The Balaban J connectivity index is 1.97. The van der Waals surface area contributed by atoms with Crippen molar-refractivity contribution >= 4 is 5.91 Å². The van der Waals surface area contributed by atoms with Gasteiger partial charge in [0, 0.05) is 0 Å². The van der Waals surface area contributed by atoms with Gasteiger partial charge >= 0.3 is 0 Å². The number of hydrogen-bond donors (Lipinski definition) is 1. The van der Waals surface area contributed by atoms with E-state index in [1.165, 1.54) is 5.56 Å². The third kappa shape index (κ3) is 4.85. The number of ether oxygens (including phenoxy) is 1. The maximum atomic E-state index is 12.4. The van der Waals surface area contributed by atoms with Crippen LogP contribution in [0.4, 0.5) is 0 Å². The lowest BCUT2D eigenvalue weighted by Gasteiger charge is -2.21. The van der Waals surface area contributed by atoms with Crippen molar-refractivity contribution in [3.63, 3.8) is 0 Å². The summed E-state index contributed by atoms with van der Waals surface area (Å²) >= 11 is 0. The largest absolute Gasteiger partial charge is 0.481 e. The Morgan fingerprint density at radius 3 is 2.26 bits per heavy atom. The highest BCUT2D eigenvalue weighted by molar-refractivity contribution is 5.81. The highest BCUT2D eigenvalue weighted by Crippen LogP contribution is 2.17. The fourth-order valence-corrected chi connectivity index (χ4v) is 2.42. The van der Waals surface area contributed by atoms with Crippen LogP contribution in [0.25, 0.3) is 0 Å². The first-order chi connectivity index (χ1) is 11.1. The second-order valence-corrected chi connectivity index (χ2v) is 5.65. The molecule has 0 fully saturated rings. The molecule has 1 amide bonds. The summed E-state index contributed by atoms with van der Waals surface area (Å²) in [5.41, 5.74) is 2.34. The van der Waals surface area contributed by atoms with Crippen LogP contribution in [-0.2, 0) is 11.2 Å². The molecule has 0 heterocycles. The Morgan fingerprint density at radius 1 is 1.04 bits per heavy atom. The smallest absolute Gasteiger partial charge is 0.261 e. The van der Waals surface area contributed by atoms with E-state index >= 15 is 0 Å². The maximum absolute atomic E-state index is 12.4. The highest BCUT2D eigenvalue weighted by Gasteiger charge is 2.20. The average molecular weight is 311 g/mol. The van der Waals surface area contributed by atoms with Crippen LogP contribution in [0.2, 0.25) is 0 Å². The summed E-state index contributed by atoms with van der Waals surface area (Å²) < 4.78 is 5.85. The van der Waals surface area contributed by atoms with Crippen molar-refractivity contribution in [3.05, 3.63) is 65.7 Å². The van der Waals surface area contributed by atoms with E-state index in [4.69, 9.17) is 4.74 Å². The van der Waals surface area contributed by atoms with E-state index in [9.17, 15) is 4.79 Å². The summed E-state index contributed by atoms with van der Waals surface area (Å²) in [5, 5.41) is 3.03. The van der Waals surface area contributed by atoms with Crippen molar-refractivity contribution in [1.29, 1.82) is 0 Å². The zero-order valence-electron chi connectivity index (χ0n) is 14.1. The molecular weight excluding hydrogens is 286 g/mol. The monoisotopic (exact) mass is 311 g/mol. The number of aryl methyl sites for hydroxylation is 1. The van der Waals surface area contributed by atoms with Crippen LogP contribution in [0.1, 0.15) is 44.4 Å². The van der Waals surface area contributed by atoms with Gasteiger partial charge in [-0.25, -0.2) is 0 Å². The molecule has 0 aliphatic carbocycles. The molecule has 0 aromatic heterocycles. The zero-order chi connectivity index (χ0) is 16.7. The molecule has 0 aliphatic heterocycles. The van der Waals surface area contributed by atoms with Crippen LogP contribution in [0.3, 0.4) is 0 Å². The summed E-state index contributed by atoms with van der Waals surface area (Å²) in [6, 6.07) is 17.8.